The summed E-state index contributed by atoms with van der Waals surface area (Å²) in [6.45, 7) is 8.56. The Balaban J connectivity index is 0.00000200. The fourth-order valence-corrected chi connectivity index (χ4v) is 2.73. The molecule has 2 N–H and O–H groups in total. The van der Waals surface area contributed by atoms with Gasteiger partial charge >= 0.3 is 0 Å². The van der Waals surface area contributed by atoms with E-state index < -0.39 is 0 Å². The predicted molar refractivity (Wildman–Crippen MR) is 94.6 cm³/mol. The fraction of sp³-hybridized carbons (Fsp3) is 0.800. The van der Waals surface area contributed by atoms with Crippen molar-refractivity contribution in [3.8, 4) is 0 Å². The lowest BCUT2D eigenvalue weighted by molar-refractivity contribution is 0.0673. The zero-order valence-electron chi connectivity index (χ0n) is 12.7. The van der Waals surface area contributed by atoms with Crippen LogP contribution in [0.2, 0.25) is 0 Å². The molecule has 20 heavy (non-hydrogen) atoms. The van der Waals surface area contributed by atoms with Gasteiger partial charge in [0.2, 0.25) is 0 Å². The molecule has 1 aliphatic heterocycles. The van der Waals surface area contributed by atoms with Gasteiger partial charge in [0.05, 0.1) is 19.8 Å². The van der Waals surface area contributed by atoms with Crippen LogP contribution < -0.4 is 5.73 Å². The normalized spacial score (nSPS) is 21.2. The summed E-state index contributed by atoms with van der Waals surface area (Å²) in [7, 11) is 0. The van der Waals surface area contributed by atoms with E-state index in [0.717, 1.165) is 32.8 Å². The smallest absolute Gasteiger partial charge is 0.191 e. The Morgan fingerprint density at radius 1 is 1.35 bits per heavy atom. The van der Waals surface area contributed by atoms with Crippen molar-refractivity contribution in [1.29, 1.82) is 0 Å². The van der Waals surface area contributed by atoms with Crippen molar-refractivity contribution in [3.05, 3.63) is 11.6 Å². The van der Waals surface area contributed by atoms with Gasteiger partial charge in [-0.25, -0.2) is 0 Å². The van der Waals surface area contributed by atoms with E-state index >= 15 is 0 Å². The van der Waals surface area contributed by atoms with Gasteiger partial charge in [0.15, 0.2) is 5.96 Å². The molecule has 0 saturated carbocycles. The number of hydrogen-bond acceptors (Lipinski definition) is 2. The van der Waals surface area contributed by atoms with Crippen molar-refractivity contribution in [1.82, 2.24) is 4.90 Å². The van der Waals surface area contributed by atoms with Crippen LogP contribution in [-0.4, -0.2) is 43.7 Å². The highest BCUT2D eigenvalue weighted by molar-refractivity contribution is 14.0. The summed E-state index contributed by atoms with van der Waals surface area (Å²) in [6, 6.07) is 0. The lowest BCUT2D eigenvalue weighted by Gasteiger charge is -2.31. The zero-order valence-corrected chi connectivity index (χ0v) is 15.1. The van der Waals surface area contributed by atoms with Gasteiger partial charge in [0.25, 0.3) is 0 Å². The molecule has 4 nitrogen and oxygen atoms in total. The van der Waals surface area contributed by atoms with Gasteiger partial charge in [-0.3, -0.25) is 4.99 Å². The maximum Gasteiger partial charge on any atom is 0.191 e. The molecule has 0 spiro atoms. The molecule has 1 aliphatic carbocycles. The van der Waals surface area contributed by atoms with E-state index in [1.165, 1.54) is 25.7 Å². The lowest BCUT2D eigenvalue weighted by Crippen LogP contribution is -2.45. The number of rotatable bonds is 3. The van der Waals surface area contributed by atoms with Crippen molar-refractivity contribution in [2.24, 2.45) is 16.1 Å². The topological polar surface area (TPSA) is 50.8 Å². The second kappa shape index (κ2) is 8.22. The Hall–Kier alpha value is -0.300. The summed E-state index contributed by atoms with van der Waals surface area (Å²) in [5.41, 5.74) is 7.78. The third kappa shape index (κ3) is 4.91. The molecule has 0 aromatic carbocycles. The number of morpholine rings is 1. The van der Waals surface area contributed by atoms with Crippen LogP contribution in [0.25, 0.3) is 0 Å². The summed E-state index contributed by atoms with van der Waals surface area (Å²) < 4.78 is 5.33. The Bertz CT molecular complexity index is 360. The van der Waals surface area contributed by atoms with Crippen LogP contribution in [-0.2, 0) is 4.74 Å². The highest BCUT2D eigenvalue weighted by Crippen LogP contribution is 2.34. The van der Waals surface area contributed by atoms with Crippen LogP contribution in [0.5, 0.6) is 0 Å². The van der Waals surface area contributed by atoms with Crippen molar-refractivity contribution in [3.63, 3.8) is 0 Å². The molecule has 0 amide bonds. The van der Waals surface area contributed by atoms with E-state index in [9.17, 15) is 0 Å². The van der Waals surface area contributed by atoms with E-state index in [2.05, 4.69) is 29.8 Å². The molecule has 2 rings (SSSR count). The molecule has 116 valence electrons. The molecule has 0 aromatic rings. The van der Waals surface area contributed by atoms with Crippen molar-refractivity contribution >= 4 is 29.9 Å². The molecular formula is C15H28IN3O. The molecular weight excluding hydrogens is 365 g/mol. The van der Waals surface area contributed by atoms with Crippen LogP contribution in [0.4, 0.5) is 0 Å². The fourth-order valence-electron chi connectivity index (χ4n) is 2.73. The van der Waals surface area contributed by atoms with Gasteiger partial charge < -0.3 is 15.4 Å². The van der Waals surface area contributed by atoms with E-state index in [1.54, 1.807) is 5.57 Å². The summed E-state index contributed by atoms with van der Waals surface area (Å²) in [4.78, 5) is 6.74. The third-order valence-electron chi connectivity index (χ3n) is 4.13. The number of nitrogens with two attached hydrogens (primary N) is 1. The molecule has 1 saturated heterocycles. The van der Waals surface area contributed by atoms with Gasteiger partial charge in [-0.05, 0) is 25.7 Å². The van der Waals surface area contributed by atoms with Crippen molar-refractivity contribution in [2.45, 2.75) is 39.5 Å². The summed E-state index contributed by atoms with van der Waals surface area (Å²) >= 11 is 0. The molecule has 0 atom stereocenters. The molecule has 1 fully saturated rings. The van der Waals surface area contributed by atoms with Crippen molar-refractivity contribution in [2.75, 3.05) is 32.8 Å². The number of allylic oxidation sites excluding steroid dienone is 1. The van der Waals surface area contributed by atoms with Gasteiger partial charge in [-0.2, -0.15) is 0 Å². The van der Waals surface area contributed by atoms with E-state index in [4.69, 9.17) is 10.5 Å². The molecule has 2 aliphatic rings. The number of aliphatic imine (C=N–C) groups is 1. The monoisotopic (exact) mass is 393 g/mol. The molecule has 0 bridgehead atoms. The van der Waals surface area contributed by atoms with E-state index in [1.807, 2.05) is 0 Å². The van der Waals surface area contributed by atoms with Crippen molar-refractivity contribution < 1.29 is 4.74 Å². The van der Waals surface area contributed by atoms with Crippen LogP contribution in [0, 0.1) is 5.41 Å². The maximum absolute atomic E-state index is 6.09. The average molecular weight is 393 g/mol. The first-order valence-electron chi connectivity index (χ1n) is 7.42. The van der Waals surface area contributed by atoms with E-state index in [0.29, 0.717) is 5.96 Å². The minimum Gasteiger partial charge on any atom is -0.378 e. The number of guanidine groups is 1. The first kappa shape index (κ1) is 17.8. The first-order chi connectivity index (χ1) is 9.09. The van der Waals surface area contributed by atoms with Crippen LogP contribution in [0.3, 0.4) is 0 Å². The number of nitrogens with zero attached hydrogens (tertiary/aromatic N) is 2. The molecule has 1 heterocycles. The second-order valence-electron chi connectivity index (χ2n) is 6.13. The third-order valence-corrected chi connectivity index (χ3v) is 4.13. The predicted octanol–water partition coefficient (Wildman–Crippen LogP) is 2.78. The standard InChI is InChI=1S/C15H27N3O.HI/c1-15(2,13-6-4-3-5-7-13)12-17-14(16)18-8-10-19-11-9-18;/h6H,3-5,7-12H2,1-2H3,(H2,16,17);1H. The largest absolute Gasteiger partial charge is 0.378 e. The summed E-state index contributed by atoms with van der Waals surface area (Å²) in [5.74, 6) is 0.674. The second-order valence-corrected chi connectivity index (χ2v) is 6.13. The van der Waals surface area contributed by atoms with Gasteiger partial charge in [0, 0.05) is 18.5 Å². The Morgan fingerprint density at radius 2 is 2.05 bits per heavy atom. The maximum atomic E-state index is 6.09. The minimum atomic E-state index is 0. The van der Waals surface area contributed by atoms with Crippen LogP contribution in [0.1, 0.15) is 39.5 Å². The molecule has 0 radical (unpaired) electrons. The Morgan fingerprint density at radius 3 is 2.65 bits per heavy atom. The summed E-state index contributed by atoms with van der Waals surface area (Å²) in [5, 5.41) is 0. The Kier molecular flexibility index (Phi) is 7.29. The highest BCUT2D eigenvalue weighted by Gasteiger charge is 2.24. The zero-order chi connectivity index (χ0) is 13.7. The molecule has 0 aromatic heterocycles. The van der Waals surface area contributed by atoms with Gasteiger partial charge in [-0.15, -0.1) is 24.0 Å². The lowest BCUT2D eigenvalue weighted by atomic mass is 9.78. The van der Waals surface area contributed by atoms with Gasteiger partial charge in [0.1, 0.15) is 0 Å². The average Bonchev–Trinajstić information content (AvgIpc) is 2.47. The summed E-state index contributed by atoms with van der Waals surface area (Å²) in [6.07, 6.45) is 7.50. The van der Waals surface area contributed by atoms with Gasteiger partial charge in [-0.1, -0.05) is 25.5 Å². The molecule has 5 heteroatoms. The number of halogens is 1. The number of hydrogen-bond donors (Lipinski definition) is 1. The van der Waals surface area contributed by atoms with Crippen LogP contribution in [0.15, 0.2) is 16.6 Å². The first-order valence-corrected chi connectivity index (χ1v) is 7.42. The number of ether oxygens (including phenoxy) is 1. The quantitative estimate of drug-likeness (QED) is 0.347. The SMILES string of the molecule is CC(C)(CN=C(N)N1CCOCC1)C1=CCCCC1.I. The van der Waals surface area contributed by atoms with Crippen LogP contribution >= 0.6 is 24.0 Å². The Labute approximate surface area is 139 Å². The van der Waals surface area contributed by atoms with E-state index in [-0.39, 0.29) is 29.4 Å². The molecule has 0 unspecified atom stereocenters. The minimum absolute atomic E-state index is 0. The highest BCUT2D eigenvalue weighted by atomic mass is 127.